The SMILES string of the molecule is CCCCNC(=O)C(C)N(Cc1ccc(Cl)cc1)C(=O)CN(c1ccc2c(c1)OCO2)S(C)(=O)=O. The molecule has 0 spiro atoms. The van der Waals surface area contributed by atoms with Crippen molar-refractivity contribution < 1.29 is 27.5 Å². The molecule has 0 aromatic heterocycles. The topological polar surface area (TPSA) is 105 Å². The second-order valence-corrected chi connectivity index (χ2v) is 10.6. The van der Waals surface area contributed by atoms with Gasteiger partial charge in [0, 0.05) is 24.2 Å². The Hall–Kier alpha value is -2.98. The summed E-state index contributed by atoms with van der Waals surface area (Å²) < 4.78 is 36.9. The number of sulfonamides is 1. The number of rotatable bonds is 11. The number of carbonyl (C=O) groups excluding carboxylic acids is 2. The summed E-state index contributed by atoms with van der Waals surface area (Å²) in [6.07, 6.45) is 2.76. The molecule has 35 heavy (non-hydrogen) atoms. The van der Waals surface area contributed by atoms with Gasteiger partial charge >= 0.3 is 0 Å². The van der Waals surface area contributed by atoms with Gasteiger partial charge in [-0.1, -0.05) is 37.1 Å². The highest BCUT2D eigenvalue weighted by molar-refractivity contribution is 7.92. The van der Waals surface area contributed by atoms with Crippen molar-refractivity contribution >= 4 is 39.1 Å². The summed E-state index contributed by atoms with van der Waals surface area (Å²) in [6, 6.07) is 10.7. The summed E-state index contributed by atoms with van der Waals surface area (Å²) in [7, 11) is -3.83. The number of benzene rings is 2. The lowest BCUT2D eigenvalue weighted by Crippen LogP contribution is -2.51. The lowest BCUT2D eigenvalue weighted by Gasteiger charge is -2.31. The maximum atomic E-state index is 13.5. The fourth-order valence-electron chi connectivity index (χ4n) is 3.56. The van der Waals surface area contributed by atoms with Gasteiger partial charge in [-0.25, -0.2) is 8.42 Å². The van der Waals surface area contributed by atoms with E-state index in [1.807, 2.05) is 6.92 Å². The van der Waals surface area contributed by atoms with Crippen molar-refractivity contribution in [3.05, 3.63) is 53.1 Å². The molecule has 1 aliphatic heterocycles. The minimum Gasteiger partial charge on any atom is -0.454 e. The zero-order chi connectivity index (χ0) is 25.6. The minimum absolute atomic E-state index is 0.0378. The van der Waals surface area contributed by atoms with Crippen molar-refractivity contribution in [1.29, 1.82) is 0 Å². The summed E-state index contributed by atoms with van der Waals surface area (Å²) >= 11 is 5.98. The number of nitrogens with one attached hydrogen (secondary N) is 1. The van der Waals surface area contributed by atoms with Crippen molar-refractivity contribution in [2.45, 2.75) is 39.3 Å². The van der Waals surface area contributed by atoms with Gasteiger partial charge in [-0.3, -0.25) is 13.9 Å². The molecule has 11 heteroatoms. The van der Waals surface area contributed by atoms with Crippen LogP contribution in [0.25, 0.3) is 0 Å². The second kappa shape index (κ2) is 11.6. The normalized spacial score (nSPS) is 13.3. The Morgan fingerprint density at radius 2 is 1.80 bits per heavy atom. The molecule has 2 aromatic carbocycles. The quantitative estimate of drug-likeness (QED) is 0.454. The van der Waals surface area contributed by atoms with Crippen LogP contribution in [0.5, 0.6) is 11.5 Å². The molecule has 9 nitrogen and oxygen atoms in total. The van der Waals surface area contributed by atoms with Crippen LogP contribution in [-0.4, -0.2) is 57.3 Å². The van der Waals surface area contributed by atoms with Gasteiger partial charge in [-0.15, -0.1) is 0 Å². The molecule has 0 radical (unpaired) electrons. The summed E-state index contributed by atoms with van der Waals surface area (Å²) in [5, 5.41) is 3.39. The molecule has 0 fully saturated rings. The van der Waals surface area contributed by atoms with Crippen LogP contribution in [0.2, 0.25) is 5.02 Å². The third-order valence-corrected chi connectivity index (χ3v) is 6.98. The van der Waals surface area contributed by atoms with Crippen molar-refractivity contribution in [3.63, 3.8) is 0 Å². The Labute approximate surface area is 211 Å². The number of halogens is 1. The molecule has 1 N–H and O–H groups in total. The number of ether oxygens (including phenoxy) is 2. The molecule has 0 aliphatic carbocycles. The van der Waals surface area contributed by atoms with Crippen molar-refractivity contribution in [2.75, 3.05) is 30.4 Å². The van der Waals surface area contributed by atoms with Crippen LogP contribution in [0.15, 0.2) is 42.5 Å². The molecule has 190 valence electrons. The van der Waals surface area contributed by atoms with Gasteiger partial charge < -0.3 is 19.7 Å². The predicted octanol–water partition coefficient (Wildman–Crippen LogP) is 3.17. The number of nitrogens with zero attached hydrogens (tertiary/aromatic N) is 2. The number of fused-ring (bicyclic) bond motifs is 1. The lowest BCUT2D eigenvalue weighted by atomic mass is 10.1. The van der Waals surface area contributed by atoms with E-state index >= 15 is 0 Å². The molecule has 0 bridgehead atoms. The molecule has 0 saturated heterocycles. The third-order valence-electron chi connectivity index (χ3n) is 5.59. The number of amides is 2. The summed E-state index contributed by atoms with van der Waals surface area (Å²) in [6.45, 7) is 3.80. The van der Waals surface area contributed by atoms with Crippen molar-refractivity contribution in [3.8, 4) is 11.5 Å². The molecule has 1 unspecified atom stereocenters. The van der Waals surface area contributed by atoms with E-state index in [1.165, 1.54) is 11.0 Å². The van der Waals surface area contributed by atoms with E-state index in [1.54, 1.807) is 43.3 Å². The van der Waals surface area contributed by atoms with Gasteiger partial charge in [0.2, 0.25) is 28.6 Å². The van der Waals surface area contributed by atoms with Crippen LogP contribution >= 0.6 is 11.6 Å². The fourth-order valence-corrected chi connectivity index (χ4v) is 4.53. The summed E-state index contributed by atoms with van der Waals surface area (Å²) in [5.41, 5.74) is 1.02. The van der Waals surface area contributed by atoms with Crippen molar-refractivity contribution in [2.24, 2.45) is 0 Å². The first kappa shape index (κ1) is 26.6. The van der Waals surface area contributed by atoms with Gasteiger partial charge in [-0.2, -0.15) is 0 Å². The smallest absolute Gasteiger partial charge is 0.244 e. The Kier molecular flexibility index (Phi) is 8.85. The predicted molar refractivity (Wildman–Crippen MR) is 134 cm³/mol. The second-order valence-electron chi connectivity index (χ2n) is 8.28. The summed E-state index contributed by atoms with van der Waals surface area (Å²) in [5.74, 6) is 0.0523. The zero-order valence-electron chi connectivity index (χ0n) is 20.0. The molecule has 2 aromatic rings. The first-order valence-corrected chi connectivity index (χ1v) is 13.5. The van der Waals surface area contributed by atoms with Crippen molar-refractivity contribution in [1.82, 2.24) is 10.2 Å². The third kappa shape index (κ3) is 7.02. The largest absolute Gasteiger partial charge is 0.454 e. The Morgan fingerprint density at radius 3 is 2.46 bits per heavy atom. The number of carbonyl (C=O) groups is 2. The van der Waals surface area contributed by atoms with Crippen LogP contribution in [0.4, 0.5) is 5.69 Å². The minimum atomic E-state index is -3.83. The highest BCUT2D eigenvalue weighted by Gasteiger charge is 2.30. The van der Waals surface area contributed by atoms with E-state index in [9.17, 15) is 18.0 Å². The number of hydrogen-bond acceptors (Lipinski definition) is 6. The van der Waals surface area contributed by atoms with Gasteiger partial charge in [-0.05, 0) is 43.2 Å². The van der Waals surface area contributed by atoms with Crippen LogP contribution in [0.1, 0.15) is 32.3 Å². The van der Waals surface area contributed by atoms with Gasteiger partial charge in [0.15, 0.2) is 11.5 Å². The molecule has 2 amide bonds. The molecule has 3 rings (SSSR count). The first-order chi connectivity index (χ1) is 16.6. The van der Waals surface area contributed by atoms with Gasteiger partial charge in [0.1, 0.15) is 12.6 Å². The fraction of sp³-hybridized carbons (Fsp3) is 0.417. The van der Waals surface area contributed by atoms with E-state index in [-0.39, 0.29) is 24.9 Å². The number of anilines is 1. The molecule has 1 heterocycles. The van der Waals surface area contributed by atoms with E-state index < -0.39 is 28.5 Å². The highest BCUT2D eigenvalue weighted by Crippen LogP contribution is 2.36. The monoisotopic (exact) mass is 523 g/mol. The van der Waals surface area contributed by atoms with E-state index in [2.05, 4.69) is 5.32 Å². The van der Waals surface area contributed by atoms with Crippen LogP contribution in [0, 0.1) is 0 Å². The average molecular weight is 524 g/mol. The van der Waals surface area contributed by atoms with Gasteiger partial charge in [0.25, 0.3) is 0 Å². The van der Waals surface area contributed by atoms with Gasteiger partial charge in [0.05, 0.1) is 11.9 Å². The molecule has 1 atom stereocenters. The van der Waals surface area contributed by atoms with E-state index in [0.717, 1.165) is 29.0 Å². The summed E-state index contributed by atoms with van der Waals surface area (Å²) in [4.78, 5) is 27.7. The van der Waals surface area contributed by atoms with E-state index in [0.29, 0.717) is 23.1 Å². The number of unbranched alkanes of at least 4 members (excludes halogenated alkanes) is 1. The Morgan fingerprint density at radius 1 is 1.11 bits per heavy atom. The molecule has 0 saturated carbocycles. The van der Waals surface area contributed by atoms with Crippen LogP contribution in [-0.2, 0) is 26.2 Å². The van der Waals surface area contributed by atoms with Crippen LogP contribution in [0.3, 0.4) is 0 Å². The van der Waals surface area contributed by atoms with E-state index in [4.69, 9.17) is 21.1 Å². The molecular weight excluding hydrogens is 494 g/mol. The maximum Gasteiger partial charge on any atom is 0.244 e. The Balaban J connectivity index is 1.87. The molecule has 1 aliphatic rings. The Bertz CT molecular complexity index is 1160. The molecular formula is C24H30ClN3O6S. The first-order valence-electron chi connectivity index (χ1n) is 11.3. The zero-order valence-corrected chi connectivity index (χ0v) is 21.6. The average Bonchev–Trinajstić information content (AvgIpc) is 3.29. The lowest BCUT2D eigenvalue weighted by molar-refractivity contribution is -0.139. The van der Waals surface area contributed by atoms with Crippen LogP contribution < -0.4 is 19.1 Å². The number of hydrogen-bond donors (Lipinski definition) is 1. The highest BCUT2D eigenvalue weighted by atomic mass is 35.5. The maximum absolute atomic E-state index is 13.5. The standard InChI is InChI=1S/C24H30ClN3O6S/c1-4-5-12-26-24(30)17(2)27(14-18-6-8-19(25)9-7-18)23(29)15-28(35(3,31)32)20-10-11-21-22(13-20)34-16-33-21/h6-11,13,17H,4-5,12,14-16H2,1-3H3,(H,26,30).